The van der Waals surface area contributed by atoms with Crippen LogP contribution in [0.1, 0.15) is 16.8 Å². The number of halogens is 5. The number of hydrogen-bond donors (Lipinski definition) is 3. The lowest BCUT2D eigenvalue weighted by Gasteiger charge is -2.18. The second kappa shape index (κ2) is 7.78. The van der Waals surface area contributed by atoms with Gasteiger partial charge in [0.1, 0.15) is 5.75 Å². The van der Waals surface area contributed by atoms with E-state index in [4.69, 9.17) is 11.7 Å². The lowest BCUT2D eigenvalue weighted by atomic mass is 10.0. The van der Waals surface area contributed by atoms with Gasteiger partial charge in [0.15, 0.2) is 0 Å². The maximum absolute atomic E-state index is 14.6. The molecule has 0 unspecified atom stereocenters. The number of rotatable bonds is 5. The zero-order valence-corrected chi connectivity index (χ0v) is 15.5. The lowest BCUT2D eigenvalue weighted by Crippen LogP contribution is -2.43. The normalized spacial score (nSPS) is 13.0. The number of nitrogens with one attached hydrogen (secondary N) is 1. The molecule has 0 radical (unpaired) electrons. The Balaban J connectivity index is 2.07. The van der Waals surface area contributed by atoms with E-state index in [0.717, 1.165) is 12.1 Å². The predicted octanol–water partition coefficient (Wildman–Crippen LogP) is 3.12. The molecule has 12 heteroatoms. The molecule has 0 fully saturated rings. The van der Waals surface area contributed by atoms with E-state index >= 15 is 0 Å². The van der Waals surface area contributed by atoms with Crippen molar-refractivity contribution in [2.45, 2.75) is 25.8 Å². The molecule has 0 aliphatic carbocycles. The summed E-state index contributed by atoms with van der Waals surface area (Å²) in [5.41, 5.74) is 2.24. The molecule has 3 aromatic rings. The molecule has 1 heterocycles. The average Bonchev–Trinajstić information content (AvgIpc) is 2.98. The lowest BCUT2D eigenvalue weighted by molar-refractivity contribution is -0.274. The van der Waals surface area contributed by atoms with Crippen LogP contribution in [0.25, 0.3) is 10.9 Å². The van der Waals surface area contributed by atoms with Gasteiger partial charge in [-0.3, -0.25) is 4.68 Å². The fraction of sp³-hybridized carbons (Fsp3) is 0.222. The Kier molecular flexibility index (Phi) is 5.53. The predicted molar refractivity (Wildman–Crippen MR) is 99.5 cm³/mol. The number of aryl methyl sites for hydroxylation is 1. The molecule has 0 bridgehead atoms. The van der Waals surface area contributed by atoms with Crippen LogP contribution < -0.4 is 21.8 Å². The zero-order valence-electron chi connectivity index (χ0n) is 15.5. The summed E-state index contributed by atoms with van der Waals surface area (Å²) in [5, 5.41) is 7.78. The average molecular weight is 428 g/mol. The first kappa shape index (κ1) is 21.3. The van der Waals surface area contributed by atoms with E-state index in [-0.39, 0.29) is 17.6 Å². The van der Waals surface area contributed by atoms with Crippen LogP contribution in [-0.2, 0) is 12.5 Å². The number of amidine groups is 1. The molecule has 2 aromatic carbocycles. The van der Waals surface area contributed by atoms with E-state index < -0.39 is 29.4 Å². The summed E-state index contributed by atoms with van der Waals surface area (Å²) in [7, 11) is 0. The summed E-state index contributed by atoms with van der Waals surface area (Å²) in [6.45, 7) is 1.52. The van der Waals surface area contributed by atoms with E-state index in [1.165, 1.54) is 35.0 Å². The van der Waals surface area contributed by atoms with E-state index in [1.54, 1.807) is 12.3 Å². The maximum atomic E-state index is 14.6. The molecular weight excluding hydrogens is 411 g/mol. The number of aromatic nitrogens is 2. The van der Waals surface area contributed by atoms with Crippen molar-refractivity contribution >= 4 is 16.7 Å². The van der Waals surface area contributed by atoms with Crippen LogP contribution in [0.4, 0.5) is 22.0 Å². The largest absolute Gasteiger partial charge is 0.573 e. The Morgan fingerprint density at radius 3 is 2.50 bits per heavy atom. The zero-order chi connectivity index (χ0) is 22.1. The Morgan fingerprint density at radius 1 is 1.17 bits per heavy atom. The van der Waals surface area contributed by atoms with Gasteiger partial charge in [0.05, 0.1) is 17.8 Å². The quantitative estimate of drug-likeness (QED) is 0.191. The minimum Gasteiger partial charge on any atom is -0.405 e. The Bertz CT molecular complexity index is 1090. The van der Waals surface area contributed by atoms with Crippen LogP contribution in [0.5, 0.6) is 5.75 Å². The van der Waals surface area contributed by atoms with Gasteiger partial charge in [0.25, 0.3) is 0 Å². The SMILES string of the molecule is Cc1nn(Cc2ccccc2OC(F)(F)F)c2cc(C(F)(F)/C(=N/N)NN)ccc12. The van der Waals surface area contributed by atoms with Gasteiger partial charge < -0.3 is 16.0 Å². The Morgan fingerprint density at radius 2 is 1.87 bits per heavy atom. The fourth-order valence-corrected chi connectivity index (χ4v) is 3.02. The third kappa shape index (κ3) is 4.13. The number of fused-ring (bicyclic) bond motifs is 1. The molecule has 0 atom stereocenters. The molecule has 160 valence electrons. The van der Waals surface area contributed by atoms with E-state index in [2.05, 4.69) is 14.9 Å². The van der Waals surface area contributed by atoms with Crippen LogP contribution in [0.15, 0.2) is 47.6 Å². The van der Waals surface area contributed by atoms with Crippen molar-refractivity contribution in [3.8, 4) is 5.75 Å². The van der Waals surface area contributed by atoms with Gasteiger partial charge in [-0.05, 0) is 19.1 Å². The van der Waals surface area contributed by atoms with Crippen LogP contribution >= 0.6 is 0 Å². The number of hydrazone groups is 1. The van der Waals surface area contributed by atoms with E-state index in [9.17, 15) is 22.0 Å². The van der Waals surface area contributed by atoms with Crippen molar-refractivity contribution in [1.82, 2.24) is 15.2 Å². The number of hydrazine groups is 1. The van der Waals surface area contributed by atoms with Crippen LogP contribution in [0, 0.1) is 6.92 Å². The van der Waals surface area contributed by atoms with Crippen LogP contribution in [0.3, 0.4) is 0 Å². The van der Waals surface area contributed by atoms with Crippen molar-refractivity contribution in [2.24, 2.45) is 16.8 Å². The number of para-hydroxylation sites is 1. The standard InChI is InChI=1S/C18H17F5N6O/c1-10-13-7-6-12(17(19,20)16(26-24)27-25)8-14(13)29(28-10)9-11-4-2-3-5-15(11)30-18(21,22)23/h2-8H,9,24-25H2,1H3,(H,26,27). The number of benzene rings is 2. The molecule has 0 aliphatic rings. The highest BCUT2D eigenvalue weighted by atomic mass is 19.4. The summed E-state index contributed by atoms with van der Waals surface area (Å²) in [6.07, 6.45) is -4.87. The van der Waals surface area contributed by atoms with Gasteiger partial charge >= 0.3 is 12.3 Å². The van der Waals surface area contributed by atoms with Crippen molar-refractivity contribution in [3.63, 3.8) is 0 Å². The van der Waals surface area contributed by atoms with Crippen molar-refractivity contribution < 1.29 is 26.7 Å². The summed E-state index contributed by atoms with van der Waals surface area (Å²) < 4.78 is 72.7. The molecule has 5 N–H and O–H groups in total. The number of alkyl halides is 5. The number of ether oxygens (including phenoxy) is 1. The summed E-state index contributed by atoms with van der Waals surface area (Å²) in [6, 6.07) is 9.28. The number of hydrogen-bond acceptors (Lipinski definition) is 5. The van der Waals surface area contributed by atoms with Crippen LogP contribution in [-0.4, -0.2) is 22.0 Å². The molecule has 0 amide bonds. The highest BCUT2D eigenvalue weighted by molar-refractivity contribution is 5.91. The fourth-order valence-electron chi connectivity index (χ4n) is 3.02. The molecule has 0 aliphatic heterocycles. The molecule has 30 heavy (non-hydrogen) atoms. The van der Waals surface area contributed by atoms with Crippen molar-refractivity contribution in [2.75, 3.05) is 0 Å². The molecule has 7 nitrogen and oxygen atoms in total. The Hall–Kier alpha value is -3.41. The van der Waals surface area contributed by atoms with Gasteiger partial charge in [0.2, 0.25) is 5.84 Å². The first-order valence-corrected chi connectivity index (χ1v) is 8.51. The third-order valence-corrected chi connectivity index (χ3v) is 4.38. The maximum Gasteiger partial charge on any atom is 0.573 e. The molecule has 1 aromatic heterocycles. The second-order valence-corrected chi connectivity index (χ2v) is 6.33. The van der Waals surface area contributed by atoms with Crippen LogP contribution in [0.2, 0.25) is 0 Å². The molecule has 0 saturated heterocycles. The summed E-state index contributed by atoms with van der Waals surface area (Å²) in [5.74, 6) is 5.04. The highest BCUT2D eigenvalue weighted by Crippen LogP contribution is 2.33. The van der Waals surface area contributed by atoms with Crippen molar-refractivity contribution in [3.05, 3.63) is 59.3 Å². The second-order valence-electron chi connectivity index (χ2n) is 6.33. The number of nitrogens with two attached hydrogens (primary N) is 2. The monoisotopic (exact) mass is 428 g/mol. The minimum atomic E-state index is -4.87. The van der Waals surface area contributed by atoms with Gasteiger partial charge in [-0.25, -0.2) is 5.84 Å². The van der Waals surface area contributed by atoms with Gasteiger partial charge in [0, 0.05) is 16.5 Å². The molecule has 0 saturated carbocycles. The van der Waals surface area contributed by atoms with Gasteiger partial charge in [-0.15, -0.1) is 13.2 Å². The topological polar surface area (TPSA) is 103 Å². The van der Waals surface area contributed by atoms with Crippen molar-refractivity contribution in [1.29, 1.82) is 0 Å². The van der Waals surface area contributed by atoms with Gasteiger partial charge in [-0.1, -0.05) is 30.3 Å². The third-order valence-electron chi connectivity index (χ3n) is 4.38. The Labute approximate surface area is 167 Å². The number of nitrogens with zero attached hydrogens (tertiary/aromatic N) is 3. The summed E-state index contributed by atoms with van der Waals surface area (Å²) >= 11 is 0. The first-order chi connectivity index (χ1) is 14.1. The van der Waals surface area contributed by atoms with E-state index in [0.29, 0.717) is 11.1 Å². The summed E-state index contributed by atoms with van der Waals surface area (Å²) in [4.78, 5) is 0. The first-order valence-electron chi connectivity index (χ1n) is 8.51. The van der Waals surface area contributed by atoms with Gasteiger partial charge in [-0.2, -0.15) is 19.0 Å². The molecule has 3 rings (SSSR count). The smallest absolute Gasteiger partial charge is 0.405 e. The molecule has 0 spiro atoms. The van der Waals surface area contributed by atoms with E-state index in [1.807, 2.05) is 0 Å². The highest BCUT2D eigenvalue weighted by Gasteiger charge is 2.39. The molecular formula is C18H17F5N6O. The minimum absolute atomic E-state index is 0.140.